The Morgan fingerprint density at radius 2 is 2.12 bits per heavy atom. The van der Waals surface area contributed by atoms with E-state index in [1.807, 2.05) is 12.1 Å². The van der Waals surface area contributed by atoms with Crippen molar-refractivity contribution in [2.45, 2.75) is 45.6 Å². The minimum Gasteiger partial charge on any atom is -0.326 e. The van der Waals surface area contributed by atoms with Gasteiger partial charge < -0.3 is 10.6 Å². The predicted molar refractivity (Wildman–Crippen MR) is 99.0 cm³/mol. The molecule has 4 nitrogen and oxygen atoms in total. The van der Waals surface area contributed by atoms with Crippen molar-refractivity contribution < 1.29 is 4.79 Å². The average molecular weight is 329 g/mol. The minimum atomic E-state index is 0.138. The molecule has 2 aliphatic rings. The molecule has 2 unspecified atom stereocenters. The molecule has 3 rings (SSSR count). The highest BCUT2D eigenvalue weighted by atomic mass is 16.1. The fourth-order valence-electron chi connectivity index (χ4n) is 3.90. The molecule has 2 N–H and O–H groups in total. The van der Waals surface area contributed by atoms with E-state index in [1.54, 1.807) is 0 Å². The first-order valence-corrected chi connectivity index (χ1v) is 9.51. The third kappa shape index (κ3) is 5.32. The summed E-state index contributed by atoms with van der Waals surface area (Å²) in [6, 6.07) is 8.38. The zero-order chi connectivity index (χ0) is 16.8. The first-order chi connectivity index (χ1) is 11.7. The Morgan fingerprint density at radius 1 is 1.29 bits per heavy atom. The molecule has 132 valence electrons. The monoisotopic (exact) mass is 329 g/mol. The Hall–Kier alpha value is -1.39. The number of carbonyl (C=O) groups is 1. The van der Waals surface area contributed by atoms with E-state index in [9.17, 15) is 4.79 Å². The van der Waals surface area contributed by atoms with Crippen LogP contribution in [0.2, 0.25) is 0 Å². The number of hydrogen-bond donors (Lipinski definition) is 2. The lowest BCUT2D eigenvalue weighted by Gasteiger charge is -2.30. The van der Waals surface area contributed by atoms with Crippen LogP contribution in [0.4, 0.5) is 5.69 Å². The number of benzene rings is 1. The lowest BCUT2D eigenvalue weighted by atomic mass is 10.00. The molecule has 0 aliphatic carbocycles. The molecular formula is C20H31N3O. The Labute approximate surface area is 146 Å². The van der Waals surface area contributed by atoms with Crippen LogP contribution in [-0.4, -0.2) is 37.0 Å². The molecule has 1 aromatic carbocycles. The van der Waals surface area contributed by atoms with Crippen molar-refractivity contribution in [3.8, 4) is 0 Å². The molecule has 1 amide bonds. The highest BCUT2D eigenvalue weighted by molar-refractivity contribution is 5.90. The number of piperidine rings is 1. The normalized spacial score (nSPS) is 24.9. The largest absolute Gasteiger partial charge is 0.326 e. The summed E-state index contributed by atoms with van der Waals surface area (Å²) in [5.41, 5.74) is 2.25. The number of hydrogen-bond acceptors (Lipinski definition) is 3. The Kier molecular flexibility index (Phi) is 6.27. The second-order valence-electron chi connectivity index (χ2n) is 7.63. The second kappa shape index (κ2) is 8.63. The molecule has 1 aromatic rings. The summed E-state index contributed by atoms with van der Waals surface area (Å²) < 4.78 is 0. The maximum atomic E-state index is 12.1. The van der Waals surface area contributed by atoms with E-state index < -0.39 is 0 Å². The number of anilines is 1. The Balaban J connectivity index is 1.42. The molecular weight excluding hydrogens is 298 g/mol. The maximum Gasteiger partial charge on any atom is 0.224 e. The molecule has 0 spiro atoms. The summed E-state index contributed by atoms with van der Waals surface area (Å²) in [6.07, 6.45) is 5.49. The summed E-state index contributed by atoms with van der Waals surface area (Å²) >= 11 is 0. The second-order valence-corrected chi connectivity index (χ2v) is 7.63. The van der Waals surface area contributed by atoms with Gasteiger partial charge in [-0.3, -0.25) is 9.69 Å². The number of carbonyl (C=O) groups excluding carboxylic acids is 1. The van der Waals surface area contributed by atoms with Gasteiger partial charge in [-0.05, 0) is 74.8 Å². The molecule has 2 atom stereocenters. The summed E-state index contributed by atoms with van der Waals surface area (Å²) in [5.74, 6) is 1.62. The minimum absolute atomic E-state index is 0.138. The van der Waals surface area contributed by atoms with Crippen LogP contribution in [0.5, 0.6) is 0 Å². The van der Waals surface area contributed by atoms with Crippen LogP contribution in [0.3, 0.4) is 0 Å². The summed E-state index contributed by atoms with van der Waals surface area (Å²) in [5, 5.41) is 6.38. The summed E-state index contributed by atoms with van der Waals surface area (Å²) in [4.78, 5) is 14.6. The maximum absolute atomic E-state index is 12.1. The SMILES string of the molecule is CC1CCCN(Cc2ccc(NC(=O)CCC3CCNC3)cc2)C1. The van der Waals surface area contributed by atoms with Gasteiger partial charge >= 0.3 is 0 Å². The first kappa shape index (κ1) is 17.4. The van der Waals surface area contributed by atoms with Crippen LogP contribution in [0.25, 0.3) is 0 Å². The fraction of sp³-hybridized carbons (Fsp3) is 0.650. The van der Waals surface area contributed by atoms with E-state index in [1.165, 1.54) is 37.9 Å². The van der Waals surface area contributed by atoms with Crippen LogP contribution in [0.15, 0.2) is 24.3 Å². The van der Waals surface area contributed by atoms with Crippen LogP contribution in [-0.2, 0) is 11.3 Å². The first-order valence-electron chi connectivity index (χ1n) is 9.51. The van der Waals surface area contributed by atoms with Gasteiger partial charge in [0.05, 0.1) is 0 Å². The Morgan fingerprint density at radius 3 is 2.83 bits per heavy atom. The average Bonchev–Trinajstić information content (AvgIpc) is 3.08. The lowest BCUT2D eigenvalue weighted by molar-refractivity contribution is -0.116. The highest BCUT2D eigenvalue weighted by Gasteiger charge is 2.17. The van der Waals surface area contributed by atoms with E-state index in [-0.39, 0.29) is 5.91 Å². The van der Waals surface area contributed by atoms with Gasteiger partial charge in [0, 0.05) is 25.2 Å². The molecule has 0 radical (unpaired) electrons. The zero-order valence-corrected chi connectivity index (χ0v) is 14.9. The molecule has 24 heavy (non-hydrogen) atoms. The molecule has 0 bridgehead atoms. The van der Waals surface area contributed by atoms with Crippen molar-refractivity contribution in [1.82, 2.24) is 10.2 Å². The zero-order valence-electron chi connectivity index (χ0n) is 14.9. The van der Waals surface area contributed by atoms with Crippen LogP contribution >= 0.6 is 0 Å². The smallest absolute Gasteiger partial charge is 0.224 e. The predicted octanol–water partition coefficient (Wildman–Crippen LogP) is 3.25. The number of nitrogens with one attached hydrogen (secondary N) is 2. The van der Waals surface area contributed by atoms with Gasteiger partial charge in [0.15, 0.2) is 0 Å². The third-order valence-corrected chi connectivity index (χ3v) is 5.33. The highest BCUT2D eigenvalue weighted by Crippen LogP contribution is 2.19. The molecule has 0 saturated carbocycles. The van der Waals surface area contributed by atoms with E-state index in [4.69, 9.17) is 0 Å². The van der Waals surface area contributed by atoms with Crippen molar-refractivity contribution >= 4 is 11.6 Å². The fourth-order valence-corrected chi connectivity index (χ4v) is 3.90. The molecule has 0 aromatic heterocycles. The van der Waals surface area contributed by atoms with Gasteiger partial charge in [-0.15, -0.1) is 0 Å². The summed E-state index contributed by atoms with van der Waals surface area (Å²) in [7, 11) is 0. The number of nitrogens with zero attached hydrogens (tertiary/aromatic N) is 1. The molecule has 2 saturated heterocycles. The van der Waals surface area contributed by atoms with E-state index in [2.05, 4.69) is 34.6 Å². The van der Waals surface area contributed by atoms with Gasteiger partial charge in [0.2, 0.25) is 5.91 Å². The molecule has 2 aliphatic heterocycles. The lowest BCUT2D eigenvalue weighted by Crippen LogP contribution is -2.33. The van der Waals surface area contributed by atoms with E-state index in [0.717, 1.165) is 37.7 Å². The van der Waals surface area contributed by atoms with Crippen LogP contribution in [0, 0.1) is 11.8 Å². The van der Waals surface area contributed by atoms with Gasteiger partial charge in [-0.2, -0.15) is 0 Å². The van der Waals surface area contributed by atoms with Gasteiger partial charge in [0.1, 0.15) is 0 Å². The number of likely N-dealkylation sites (tertiary alicyclic amines) is 1. The van der Waals surface area contributed by atoms with Crippen LogP contribution < -0.4 is 10.6 Å². The molecule has 4 heteroatoms. The Bertz CT molecular complexity index is 522. The van der Waals surface area contributed by atoms with Crippen molar-refractivity contribution in [3.63, 3.8) is 0 Å². The van der Waals surface area contributed by atoms with Crippen LogP contribution in [0.1, 0.15) is 44.6 Å². The number of rotatable bonds is 6. The van der Waals surface area contributed by atoms with Crippen molar-refractivity contribution in [2.75, 3.05) is 31.5 Å². The number of amides is 1. The van der Waals surface area contributed by atoms with Gasteiger partial charge in [-0.25, -0.2) is 0 Å². The quantitative estimate of drug-likeness (QED) is 0.842. The van der Waals surface area contributed by atoms with E-state index in [0.29, 0.717) is 12.3 Å². The van der Waals surface area contributed by atoms with Crippen molar-refractivity contribution in [3.05, 3.63) is 29.8 Å². The third-order valence-electron chi connectivity index (χ3n) is 5.33. The summed E-state index contributed by atoms with van der Waals surface area (Å²) in [6.45, 7) is 7.94. The molecule has 2 heterocycles. The van der Waals surface area contributed by atoms with Gasteiger partial charge in [0.25, 0.3) is 0 Å². The van der Waals surface area contributed by atoms with Gasteiger partial charge in [-0.1, -0.05) is 19.1 Å². The van der Waals surface area contributed by atoms with E-state index >= 15 is 0 Å². The van der Waals surface area contributed by atoms with Crippen molar-refractivity contribution in [2.24, 2.45) is 11.8 Å². The molecule has 2 fully saturated rings. The van der Waals surface area contributed by atoms with Crippen molar-refractivity contribution in [1.29, 1.82) is 0 Å². The standard InChI is InChI=1S/C20H31N3O/c1-16-3-2-12-23(14-16)15-18-4-7-19(8-5-18)22-20(24)9-6-17-10-11-21-13-17/h4-5,7-8,16-17,21H,2-3,6,9-15H2,1H3,(H,22,24). The topological polar surface area (TPSA) is 44.4 Å².